The van der Waals surface area contributed by atoms with Gasteiger partial charge in [0.15, 0.2) is 0 Å². The minimum absolute atomic E-state index is 0.845. The van der Waals surface area contributed by atoms with Gasteiger partial charge in [0.2, 0.25) is 0 Å². The van der Waals surface area contributed by atoms with Crippen LogP contribution in [0, 0.1) is 6.92 Å². The van der Waals surface area contributed by atoms with Crippen LogP contribution in [0.1, 0.15) is 60.8 Å². The molecule has 1 aliphatic carbocycles. The van der Waals surface area contributed by atoms with E-state index in [9.17, 15) is 0 Å². The summed E-state index contributed by atoms with van der Waals surface area (Å²) in [5.41, 5.74) is 6.00. The van der Waals surface area contributed by atoms with Crippen LogP contribution in [-0.4, -0.2) is 6.61 Å². The molecule has 2 aromatic carbocycles. The number of hydrogen-bond acceptors (Lipinski definition) is 1. The molecule has 0 radical (unpaired) electrons. The summed E-state index contributed by atoms with van der Waals surface area (Å²) in [4.78, 5) is 0. The summed E-state index contributed by atoms with van der Waals surface area (Å²) in [5.74, 6) is 0.999. The summed E-state index contributed by atoms with van der Waals surface area (Å²) >= 11 is 0. The van der Waals surface area contributed by atoms with Gasteiger partial charge in [0.05, 0.1) is 6.61 Å². The highest BCUT2D eigenvalue weighted by Gasteiger charge is 2.12. The molecule has 0 fully saturated rings. The van der Waals surface area contributed by atoms with Gasteiger partial charge in [0.1, 0.15) is 5.75 Å². The van der Waals surface area contributed by atoms with Crippen LogP contribution in [0.5, 0.6) is 5.75 Å². The van der Waals surface area contributed by atoms with Gasteiger partial charge in [-0.2, -0.15) is 0 Å². The SMILES string of the molecule is Cc1ccc(OCCCCCCCCc2ccc3c(c2)CC3)cc1. The van der Waals surface area contributed by atoms with E-state index in [0.29, 0.717) is 0 Å². The fourth-order valence-corrected chi connectivity index (χ4v) is 3.37. The van der Waals surface area contributed by atoms with Crippen molar-refractivity contribution in [2.75, 3.05) is 6.61 Å². The molecule has 24 heavy (non-hydrogen) atoms. The van der Waals surface area contributed by atoms with E-state index in [4.69, 9.17) is 4.74 Å². The second-order valence-electron chi connectivity index (χ2n) is 7.14. The summed E-state index contributed by atoms with van der Waals surface area (Å²) in [7, 11) is 0. The van der Waals surface area contributed by atoms with Crippen molar-refractivity contribution in [3.05, 3.63) is 64.7 Å². The van der Waals surface area contributed by atoms with E-state index >= 15 is 0 Å². The van der Waals surface area contributed by atoms with E-state index in [1.165, 1.54) is 63.4 Å². The van der Waals surface area contributed by atoms with Crippen LogP contribution in [0.4, 0.5) is 0 Å². The van der Waals surface area contributed by atoms with Crippen LogP contribution in [0.3, 0.4) is 0 Å². The summed E-state index contributed by atoms with van der Waals surface area (Å²) in [5, 5.41) is 0. The molecule has 1 nitrogen and oxygen atoms in total. The van der Waals surface area contributed by atoms with E-state index < -0.39 is 0 Å². The summed E-state index contributed by atoms with van der Waals surface area (Å²) < 4.78 is 5.77. The molecule has 1 heteroatoms. The van der Waals surface area contributed by atoms with Crippen molar-refractivity contribution in [3.63, 3.8) is 0 Å². The monoisotopic (exact) mass is 322 g/mol. The lowest BCUT2D eigenvalue weighted by molar-refractivity contribution is 0.304. The van der Waals surface area contributed by atoms with Crippen molar-refractivity contribution in [3.8, 4) is 5.75 Å². The number of unbranched alkanes of at least 4 members (excludes halogenated alkanes) is 5. The van der Waals surface area contributed by atoms with E-state index in [1.807, 2.05) is 0 Å². The summed E-state index contributed by atoms with van der Waals surface area (Å²) in [6.07, 6.45) is 11.7. The first-order valence-electron chi connectivity index (χ1n) is 9.61. The Bertz CT molecular complexity index is 627. The number of rotatable bonds is 10. The van der Waals surface area contributed by atoms with Gasteiger partial charge < -0.3 is 4.74 Å². The van der Waals surface area contributed by atoms with Crippen LogP contribution in [0.25, 0.3) is 0 Å². The van der Waals surface area contributed by atoms with E-state index in [2.05, 4.69) is 49.4 Å². The molecule has 3 rings (SSSR count). The highest BCUT2D eigenvalue weighted by atomic mass is 16.5. The van der Waals surface area contributed by atoms with Gasteiger partial charge in [0.25, 0.3) is 0 Å². The van der Waals surface area contributed by atoms with E-state index in [-0.39, 0.29) is 0 Å². The maximum absolute atomic E-state index is 5.77. The van der Waals surface area contributed by atoms with Crippen molar-refractivity contribution >= 4 is 0 Å². The van der Waals surface area contributed by atoms with Gasteiger partial charge in [0, 0.05) is 0 Å². The molecule has 0 saturated carbocycles. The smallest absolute Gasteiger partial charge is 0.119 e. The number of ether oxygens (including phenoxy) is 1. The maximum Gasteiger partial charge on any atom is 0.119 e. The zero-order valence-electron chi connectivity index (χ0n) is 15.0. The zero-order chi connectivity index (χ0) is 16.6. The second-order valence-corrected chi connectivity index (χ2v) is 7.14. The Morgan fingerprint density at radius 3 is 2.17 bits per heavy atom. The fraction of sp³-hybridized carbons (Fsp3) is 0.478. The molecular weight excluding hydrogens is 292 g/mol. The third kappa shape index (κ3) is 5.12. The molecule has 0 N–H and O–H groups in total. The molecule has 128 valence electrons. The van der Waals surface area contributed by atoms with Crippen molar-refractivity contribution in [1.82, 2.24) is 0 Å². The number of benzene rings is 2. The zero-order valence-corrected chi connectivity index (χ0v) is 15.0. The Labute approximate surface area is 147 Å². The van der Waals surface area contributed by atoms with Gasteiger partial charge in [-0.15, -0.1) is 0 Å². The van der Waals surface area contributed by atoms with Gasteiger partial charge in [-0.25, -0.2) is 0 Å². The molecule has 0 heterocycles. The second kappa shape index (κ2) is 8.92. The molecule has 0 atom stereocenters. The normalized spacial score (nSPS) is 12.5. The fourth-order valence-electron chi connectivity index (χ4n) is 3.37. The van der Waals surface area contributed by atoms with Gasteiger partial charge in [-0.3, -0.25) is 0 Å². The third-order valence-electron chi connectivity index (χ3n) is 5.08. The summed E-state index contributed by atoms with van der Waals surface area (Å²) in [6, 6.07) is 15.4. The first kappa shape index (κ1) is 17.1. The lowest BCUT2D eigenvalue weighted by atomic mass is 9.86. The number of hydrogen-bond donors (Lipinski definition) is 0. The van der Waals surface area contributed by atoms with Crippen LogP contribution >= 0.6 is 0 Å². The number of fused-ring (bicyclic) bond motifs is 1. The Morgan fingerprint density at radius 2 is 1.46 bits per heavy atom. The van der Waals surface area contributed by atoms with Crippen LogP contribution in [-0.2, 0) is 19.3 Å². The lowest BCUT2D eigenvalue weighted by Gasteiger charge is -2.19. The molecule has 0 saturated heterocycles. The lowest BCUT2D eigenvalue weighted by Crippen LogP contribution is -2.08. The quantitative estimate of drug-likeness (QED) is 0.483. The van der Waals surface area contributed by atoms with Gasteiger partial charge in [-0.1, -0.05) is 61.6 Å². The largest absolute Gasteiger partial charge is 0.494 e. The Balaban J connectivity index is 1.18. The molecular formula is C23H30O. The standard InChI is InChI=1S/C23H30O/c1-19-9-15-23(16-10-19)24-17-7-5-3-2-4-6-8-20-11-12-21-13-14-22(21)18-20/h9-12,15-16,18H,2-8,13-14,17H2,1H3. The predicted octanol–water partition coefficient (Wildman–Crippen LogP) is 6.06. The summed E-state index contributed by atoms with van der Waals surface area (Å²) in [6.45, 7) is 2.95. The van der Waals surface area contributed by atoms with Crippen LogP contribution in [0.15, 0.2) is 42.5 Å². The van der Waals surface area contributed by atoms with Gasteiger partial charge in [-0.05, 0) is 67.9 Å². The van der Waals surface area contributed by atoms with Crippen LogP contribution in [0.2, 0.25) is 0 Å². The van der Waals surface area contributed by atoms with E-state index in [0.717, 1.165) is 12.4 Å². The van der Waals surface area contributed by atoms with Crippen molar-refractivity contribution in [2.45, 2.75) is 64.7 Å². The first-order chi connectivity index (χ1) is 11.8. The minimum atomic E-state index is 0.845. The third-order valence-corrected chi connectivity index (χ3v) is 5.08. The molecule has 0 unspecified atom stereocenters. The van der Waals surface area contributed by atoms with Gasteiger partial charge >= 0.3 is 0 Å². The Kier molecular flexibility index (Phi) is 6.34. The molecule has 0 bridgehead atoms. The number of aryl methyl sites for hydroxylation is 4. The average Bonchev–Trinajstić information content (AvgIpc) is 2.57. The highest BCUT2D eigenvalue weighted by molar-refractivity contribution is 5.38. The molecule has 1 aliphatic rings. The average molecular weight is 322 g/mol. The van der Waals surface area contributed by atoms with Crippen molar-refractivity contribution in [1.29, 1.82) is 0 Å². The molecule has 2 aromatic rings. The molecule has 0 aliphatic heterocycles. The minimum Gasteiger partial charge on any atom is -0.494 e. The highest BCUT2D eigenvalue weighted by Crippen LogP contribution is 2.24. The van der Waals surface area contributed by atoms with Crippen molar-refractivity contribution < 1.29 is 4.74 Å². The van der Waals surface area contributed by atoms with E-state index in [1.54, 1.807) is 16.7 Å². The maximum atomic E-state index is 5.77. The first-order valence-corrected chi connectivity index (χ1v) is 9.61. The molecule has 0 amide bonds. The Hall–Kier alpha value is -1.76. The van der Waals surface area contributed by atoms with Crippen molar-refractivity contribution in [2.24, 2.45) is 0 Å². The Morgan fingerprint density at radius 1 is 0.750 bits per heavy atom. The molecule has 0 aromatic heterocycles. The molecule has 0 spiro atoms. The van der Waals surface area contributed by atoms with Crippen LogP contribution < -0.4 is 4.74 Å². The predicted molar refractivity (Wildman–Crippen MR) is 102 cm³/mol. The topological polar surface area (TPSA) is 9.23 Å².